The zero-order valence-corrected chi connectivity index (χ0v) is 11.6. The molecule has 1 saturated heterocycles. The van der Waals surface area contributed by atoms with Crippen molar-refractivity contribution in [3.8, 4) is 0 Å². The van der Waals surface area contributed by atoms with Crippen LogP contribution in [-0.4, -0.2) is 54.5 Å². The van der Waals surface area contributed by atoms with E-state index in [4.69, 9.17) is 5.73 Å². The Morgan fingerprint density at radius 2 is 2.18 bits per heavy atom. The number of nitrogens with zero attached hydrogens (tertiary/aromatic N) is 2. The van der Waals surface area contributed by atoms with Gasteiger partial charge in [-0.15, -0.1) is 0 Å². The molecule has 0 spiro atoms. The molecule has 0 aromatic heterocycles. The topological polar surface area (TPSA) is 49.6 Å². The molecule has 0 aliphatic carbocycles. The molecule has 2 unspecified atom stereocenters. The molecule has 2 N–H and O–H groups in total. The molecule has 4 heteroatoms. The fourth-order valence-electron chi connectivity index (χ4n) is 2.40. The summed E-state index contributed by atoms with van der Waals surface area (Å²) in [6, 6.07) is 0.634. The zero-order valence-electron chi connectivity index (χ0n) is 11.6. The van der Waals surface area contributed by atoms with Gasteiger partial charge in [-0.3, -0.25) is 9.69 Å². The summed E-state index contributed by atoms with van der Waals surface area (Å²) in [5, 5.41) is 0. The molecule has 0 bridgehead atoms. The molecule has 1 fully saturated rings. The third kappa shape index (κ3) is 3.68. The molecule has 0 aromatic carbocycles. The van der Waals surface area contributed by atoms with Gasteiger partial charge in [0.15, 0.2) is 0 Å². The zero-order chi connectivity index (χ0) is 13.0. The molecule has 0 saturated carbocycles. The van der Waals surface area contributed by atoms with Gasteiger partial charge in [0.25, 0.3) is 0 Å². The maximum atomic E-state index is 12.3. The smallest absolute Gasteiger partial charge is 0.237 e. The molecular weight excluding hydrogens is 214 g/mol. The second kappa shape index (κ2) is 6.36. The Balaban J connectivity index is 2.60. The van der Waals surface area contributed by atoms with E-state index in [9.17, 15) is 4.79 Å². The lowest BCUT2D eigenvalue weighted by Gasteiger charge is -2.40. The number of hydrogen-bond acceptors (Lipinski definition) is 3. The monoisotopic (exact) mass is 241 g/mol. The molecule has 0 aromatic rings. The van der Waals surface area contributed by atoms with E-state index in [1.807, 2.05) is 11.9 Å². The summed E-state index contributed by atoms with van der Waals surface area (Å²) in [7, 11) is 1.99. The minimum atomic E-state index is 0.225. The number of likely N-dealkylation sites (tertiary alicyclic amines) is 1. The van der Waals surface area contributed by atoms with Crippen LogP contribution in [0.15, 0.2) is 0 Å². The number of amides is 1. The van der Waals surface area contributed by atoms with Gasteiger partial charge in [-0.25, -0.2) is 0 Å². The SMILES string of the molecule is CC1CCCN(C(=O)CN(C)C(C)C)C1CN. The third-order valence-corrected chi connectivity index (χ3v) is 3.94. The van der Waals surface area contributed by atoms with Crippen LogP contribution in [0.5, 0.6) is 0 Å². The lowest BCUT2D eigenvalue weighted by molar-refractivity contribution is -0.137. The van der Waals surface area contributed by atoms with Crippen molar-refractivity contribution in [3.05, 3.63) is 0 Å². The Kier molecular flexibility index (Phi) is 5.40. The lowest BCUT2D eigenvalue weighted by Crippen LogP contribution is -2.54. The van der Waals surface area contributed by atoms with Crippen molar-refractivity contribution in [2.24, 2.45) is 11.7 Å². The van der Waals surface area contributed by atoms with E-state index in [0.717, 1.165) is 13.0 Å². The summed E-state index contributed by atoms with van der Waals surface area (Å²) >= 11 is 0. The van der Waals surface area contributed by atoms with Crippen LogP contribution in [0.1, 0.15) is 33.6 Å². The predicted octanol–water partition coefficient (Wildman–Crippen LogP) is 0.912. The first kappa shape index (κ1) is 14.5. The Labute approximate surface area is 105 Å². The molecule has 1 aliphatic heterocycles. The molecule has 0 radical (unpaired) electrons. The van der Waals surface area contributed by atoms with E-state index in [0.29, 0.717) is 25.0 Å². The van der Waals surface area contributed by atoms with E-state index < -0.39 is 0 Å². The standard InChI is InChI=1S/C13H27N3O/c1-10(2)15(4)9-13(17)16-7-5-6-11(3)12(16)8-14/h10-12H,5-9,14H2,1-4H3. The highest BCUT2D eigenvalue weighted by molar-refractivity contribution is 5.78. The summed E-state index contributed by atoms with van der Waals surface area (Å²) in [6.45, 7) is 8.36. The van der Waals surface area contributed by atoms with E-state index >= 15 is 0 Å². The number of piperidine rings is 1. The van der Waals surface area contributed by atoms with Crippen LogP contribution < -0.4 is 5.73 Å². The van der Waals surface area contributed by atoms with Crippen LogP contribution in [-0.2, 0) is 4.79 Å². The fourth-order valence-corrected chi connectivity index (χ4v) is 2.40. The molecule has 2 atom stereocenters. The lowest BCUT2D eigenvalue weighted by atomic mass is 9.90. The summed E-state index contributed by atoms with van der Waals surface area (Å²) in [5.74, 6) is 0.755. The summed E-state index contributed by atoms with van der Waals surface area (Å²) in [4.78, 5) is 16.3. The van der Waals surface area contributed by atoms with Gasteiger partial charge in [-0.1, -0.05) is 6.92 Å². The fraction of sp³-hybridized carbons (Fsp3) is 0.923. The Morgan fingerprint density at radius 1 is 1.53 bits per heavy atom. The van der Waals surface area contributed by atoms with E-state index in [1.54, 1.807) is 0 Å². The number of hydrogen-bond donors (Lipinski definition) is 1. The van der Waals surface area contributed by atoms with Gasteiger partial charge in [0.2, 0.25) is 5.91 Å². The van der Waals surface area contributed by atoms with Gasteiger partial charge in [-0.05, 0) is 39.7 Å². The first-order chi connectivity index (χ1) is 7.97. The molecule has 1 amide bonds. The van der Waals surface area contributed by atoms with Crippen LogP contribution in [0, 0.1) is 5.92 Å². The van der Waals surface area contributed by atoms with E-state index in [2.05, 4.69) is 25.7 Å². The van der Waals surface area contributed by atoms with Crippen molar-refractivity contribution >= 4 is 5.91 Å². The summed E-state index contributed by atoms with van der Waals surface area (Å²) in [6.07, 6.45) is 2.29. The van der Waals surface area contributed by atoms with Crippen molar-refractivity contribution in [1.29, 1.82) is 0 Å². The quantitative estimate of drug-likeness (QED) is 0.796. The average Bonchev–Trinajstić information content (AvgIpc) is 2.28. The Hall–Kier alpha value is -0.610. The highest BCUT2D eigenvalue weighted by Gasteiger charge is 2.31. The summed E-state index contributed by atoms with van der Waals surface area (Å²) < 4.78 is 0. The van der Waals surface area contributed by atoms with Gasteiger partial charge < -0.3 is 10.6 Å². The van der Waals surface area contributed by atoms with Gasteiger partial charge in [-0.2, -0.15) is 0 Å². The van der Waals surface area contributed by atoms with Crippen molar-refractivity contribution in [1.82, 2.24) is 9.80 Å². The van der Waals surface area contributed by atoms with Gasteiger partial charge in [0.1, 0.15) is 0 Å². The highest BCUT2D eigenvalue weighted by Crippen LogP contribution is 2.22. The predicted molar refractivity (Wildman–Crippen MR) is 70.7 cm³/mol. The first-order valence-corrected chi connectivity index (χ1v) is 6.67. The molecule has 17 heavy (non-hydrogen) atoms. The second-order valence-corrected chi connectivity index (χ2v) is 5.52. The van der Waals surface area contributed by atoms with Gasteiger partial charge in [0.05, 0.1) is 6.54 Å². The Morgan fingerprint density at radius 3 is 2.71 bits per heavy atom. The average molecular weight is 241 g/mol. The number of rotatable bonds is 4. The highest BCUT2D eigenvalue weighted by atomic mass is 16.2. The van der Waals surface area contributed by atoms with Crippen LogP contribution in [0.25, 0.3) is 0 Å². The molecule has 1 heterocycles. The van der Waals surface area contributed by atoms with Crippen LogP contribution in [0.2, 0.25) is 0 Å². The molecule has 1 rings (SSSR count). The van der Waals surface area contributed by atoms with Gasteiger partial charge in [0, 0.05) is 25.2 Å². The maximum Gasteiger partial charge on any atom is 0.237 e. The molecule has 1 aliphatic rings. The minimum Gasteiger partial charge on any atom is -0.337 e. The number of carbonyl (C=O) groups excluding carboxylic acids is 1. The van der Waals surface area contributed by atoms with Crippen molar-refractivity contribution in [3.63, 3.8) is 0 Å². The number of carbonyl (C=O) groups is 1. The van der Waals surface area contributed by atoms with E-state index in [-0.39, 0.29) is 11.9 Å². The number of likely N-dealkylation sites (N-methyl/N-ethyl adjacent to an activating group) is 1. The van der Waals surface area contributed by atoms with Crippen molar-refractivity contribution in [2.75, 3.05) is 26.7 Å². The van der Waals surface area contributed by atoms with Crippen molar-refractivity contribution < 1.29 is 4.79 Å². The van der Waals surface area contributed by atoms with Crippen LogP contribution in [0.4, 0.5) is 0 Å². The minimum absolute atomic E-state index is 0.225. The second-order valence-electron chi connectivity index (χ2n) is 5.52. The van der Waals surface area contributed by atoms with Crippen LogP contribution >= 0.6 is 0 Å². The summed E-state index contributed by atoms with van der Waals surface area (Å²) in [5.41, 5.74) is 5.80. The Bertz CT molecular complexity index is 255. The normalized spacial score (nSPS) is 25.7. The maximum absolute atomic E-state index is 12.3. The molecule has 100 valence electrons. The number of nitrogens with two attached hydrogens (primary N) is 1. The van der Waals surface area contributed by atoms with Crippen LogP contribution in [0.3, 0.4) is 0 Å². The molecular formula is C13H27N3O. The van der Waals surface area contributed by atoms with E-state index in [1.165, 1.54) is 6.42 Å². The first-order valence-electron chi connectivity index (χ1n) is 6.67. The molecule has 4 nitrogen and oxygen atoms in total. The largest absolute Gasteiger partial charge is 0.337 e. The van der Waals surface area contributed by atoms with Crippen molar-refractivity contribution in [2.45, 2.75) is 45.7 Å². The third-order valence-electron chi connectivity index (χ3n) is 3.94. The van der Waals surface area contributed by atoms with Gasteiger partial charge >= 0.3 is 0 Å².